The summed E-state index contributed by atoms with van der Waals surface area (Å²) in [6.45, 7) is 2.12. The molecule has 0 aromatic heterocycles. The number of amides is 2. The number of rotatable bonds is 5. The molecule has 5 heteroatoms. The Labute approximate surface area is 93.6 Å². The fourth-order valence-electron chi connectivity index (χ4n) is 1.20. The summed E-state index contributed by atoms with van der Waals surface area (Å²) in [5, 5.41) is 2.40. The smallest absolute Gasteiger partial charge is 0.255 e. The molecule has 0 bridgehead atoms. The van der Waals surface area contributed by atoms with E-state index in [1.807, 2.05) is 6.92 Å². The number of ether oxygens (including phenoxy) is 1. The third kappa shape index (κ3) is 3.27. The van der Waals surface area contributed by atoms with E-state index in [9.17, 15) is 9.59 Å². The van der Waals surface area contributed by atoms with Gasteiger partial charge in [-0.15, -0.1) is 0 Å². The SMILES string of the molecule is CCOc1ccccc1C(=O)NCC(N)=O. The fraction of sp³-hybridized carbons (Fsp3) is 0.273. The number of nitrogens with two attached hydrogens (primary N) is 1. The van der Waals surface area contributed by atoms with Gasteiger partial charge in [-0.1, -0.05) is 12.1 Å². The van der Waals surface area contributed by atoms with E-state index < -0.39 is 5.91 Å². The molecule has 5 nitrogen and oxygen atoms in total. The topological polar surface area (TPSA) is 81.4 Å². The standard InChI is InChI=1S/C11H14N2O3/c1-2-16-9-6-4-3-5-8(9)11(15)13-7-10(12)14/h3-6H,2,7H2,1H3,(H2,12,14)(H,13,15). The summed E-state index contributed by atoms with van der Waals surface area (Å²) in [5.74, 6) is -0.461. The van der Waals surface area contributed by atoms with Gasteiger partial charge in [-0.25, -0.2) is 0 Å². The largest absolute Gasteiger partial charge is 0.493 e. The van der Waals surface area contributed by atoms with E-state index in [0.29, 0.717) is 17.9 Å². The molecule has 0 spiro atoms. The molecule has 0 atom stereocenters. The lowest BCUT2D eigenvalue weighted by molar-refractivity contribution is -0.117. The van der Waals surface area contributed by atoms with E-state index in [2.05, 4.69) is 5.32 Å². The predicted octanol–water partition coefficient (Wildman–Crippen LogP) is 0.300. The van der Waals surface area contributed by atoms with Crippen molar-refractivity contribution >= 4 is 11.8 Å². The Hall–Kier alpha value is -2.04. The molecule has 0 aliphatic heterocycles. The first kappa shape index (κ1) is 12.0. The maximum atomic E-state index is 11.6. The van der Waals surface area contributed by atoms with Gasteiger partial charge in [0.15, 0.2) is 0 Å². The molecule has 0 aliphatic carbocycles. The Balaban J connectivity index is 2.77. The molecule has 3 N–H and O–H groups in total. The monoisotopic (exact) mass is 222 g/mol. The quantitative estimate of drug-likeness (QED) is 0.751. The number of benzene rings is 1. The van der Waals surface area contributed by atoms with Crippen LogP contribution in [0, 0.1) is 0 Å². The zero-order valence-electron chi connectivity index (χ0n) is 9.03. The first-order chi connectivity index (χ1) is 7.65. The molecule has 0 unspecified atom stereocenters. The van der Waals surface area contributed by atoms with Gasteiger partial charge in [0.05, 0.1) is 18.7 Å². The maximum absolute atomic E-state index is 11.6. The minimum atomic E-state index is -0.581. The fourth-order valence-corrected chi connectivity index (χ4v) is 1.20. The number of carbonyl (C=O) groups excluding carboxylic acids is 2. The Kier molecular flexibility index (Phi) is 4.32. The lowest BCUT2D eigenvalue weighted by Crippen LogP contribution is -2.33. The summed E-state index contributed by atoms with van der Waals surface area (Å²) >= 11 is 0. The second kappa shape index (κ2) is 5.75. The molecule has 16 heavy (non-hydrogen) atoms. The van der Waals surface area contributed by atoms with E-state index >= 15 is 0 Å². The lowest BCUT2D eigenvalue weighted by atomic mass is 10.2. The van der Waals surface area contributed by atoms with Crippen LogP contribution in [0.15, 0.2) is 24.3 Å². The second-order valence-corrected chi connectivity index (χ2v) is 3.08. The van der Waals surface area contributed by atoms with Crippen LogP contribution in [-0.4, -0.2) is 25.0 Å². The van der Waals surface area contributed by atoms with Gasteiger partial charge in [0, 0.05) is 0 Å². The molecule has 0 heterocycles. The molecule has 0 fully saturated rings. The molecule has 1 rings (SSSR count). The van der Waals surface area contributed by atoms with Crippen LogP contribution in [0.4, 0.5) is 0 Å². The maximum Gasteiger partial charge on any atom is 0.255 e. The summed E-state index contributed by atoms with van der Waals surface area (Å²) in [5.41, 5.74) is 5.32. The van der Waals surface area contributed by atoms with Gasteiger partial charge in [0.2, 0.25) is 5.91 Å². The van der Waals surface area contributed by atoms with E-state index in [1.165, 1.54) is 0 Å². The average Bonchev–Trinajstić information content (AvgIpc) is 2.27. The minimum absolute atomic E-state index is 0.181. The van der Waals surface area contributed by atoms with Crippen LogP contribution in [0.1, 0.15) is 17.3 Å². The Morgan fingerprint density at radius 1 is 1.38 bits per heavy atom. The van der Waals surface area contributed by atoms with E-state index in [4.69, 9.17) is 10.5 Å². The molecule has 0 radical (unpaired) electrons. The van der Waals surface area contributed by atoms with Gasteiger partial charge < -0.3 is 15.8 Å². The summed E-state index contributed by atoms with van der Waals surface area (Å²) in [4.78, 5) is 22.2. The number of para-hydroxylation sites is 1. The van der Waals surface area contributed by atoms with Gasteiger partial charge in [0.25, 0.3) is 5.91 Å². The van der Waals surface area contributed by atoms with Crippen molar-refractivity contribution in [3.05, 3.63) is 29.8 Å². The lowest BCUT2D eigenvalue weighted by Gasteiger charge is -2.09. The molecular formula is C11H14N2O3. The number of carbonyl (C=O) groups is 2. The normalized spacial score (nSPS) is 9.56. The molecule has 1 aromatic rings. The summed E-state index contributed by atoms with van der Waals surface area (Å²) in [6.07, 6.45) is 0. The van der Waals surface area contributed by atoms with Crippen LogP contribution in [-0.2, 0) is 4.79 Å². The van der Waals surface area contributed by atoms with Gasteiger partial charge >= 0.3 is 0 Å². The summed E-state index contributed by atoms with van der Waals surface area (Å²) in [7, 11) is 0. The van der Waals surface area contributed by atoms with E-state index in [-0.39, 0.29) is 12.5 Å². The second-order valence-electron chi connectivity index (χ2n) is 3.08. The van der Waals surface area contributed by atoms with E-state index in [1.54, 1.807) is 24.3 Å². The van der Waals surface area contributed by atoms with Crippen molar-refractivity contribution in [2.45, 2.75) is 6.92 Å². The first-order valence-electron chi connectivity index (χ1n) is 4.93. The highest BCUT2D eigenvalue weighted by molar-refractivity contribution is 5.98. The Bertz CT molecular complexity index is 391. The van der Waals surface area contributed by atoms with Crippen LogP contribution in [0.25, 0.3) is 0 Å². The first-order valence-corrected chi connectivity index (χ1v) is 4.93. The van der Waals surface area contributed by atoms with Crippen LogP contribution in [0.3, 0.4) is 0 Å². The molecule has 2 amide bonds. The number of hydrogen-bond donors (Lipinski definition) is 2. The van der Waals surface area contributed by atoms with E-state index in [0.717, 1.165) is 0 Å². The number of primary amides is 1. The highest BCUT2D eigenvalue weighted by atomic mass is 16.5. The Morgan fingerprint density at radius 2 is 2.06 bits per heavy atom. The highest BCUT2D eigenvalue weighted by Crippen LogP contribution is 2.17. The van der Waals surface area contributed by atoms with Crippen LogP contribution < -0.4 is 15.8 Å². The molecule has 1 aromatic carbocycles. The highest BCUT2D eigenvalue weighted by Gasteiger charge is 2.11. The van der Waals surface area contributed by atoms with Crippen molar-refractivity contribution in [2.24, 2.45) is 5.73 Å². The van der Waals surface area contributed by atoms with Gasteiger partial charge in [-0.3, -0.25) is 9.59 Å². The van der Waals surface area contributed by atoms with Crippen LogP contribution in [0.5, 0.6) is 5.75 Å². The predicted molar refractivity (Wildman–Crippen MR) is 59.1 cm³/mol. The Morgan fingerprint density at radius 3 is 2.69 bits per heavy atom. The number of nitrogens with one attached hydrogen (secondary N) is 1. The van der Waals surface area contributed by atoms with Crippen molar-refractivity contribution in [1.29, 1.82) is 0 Å². The van der Waals surface area contributed by atoms with Gasteiger partial charge in [0.1, 0.15) is 5.75 Å². The number of hydrogen-bond acceptors (Lipinski definition) is 3. The van der Waals surface area contributed by atoms with Crippen molar-refractivity contribution < 1.29 is 14.3 Å². The van der Waals surface area contributed by atoms with Crippen LogP contribution >= 0.6 is 0 Å². The van der Waals surface area contributed by atoms with Crippen molar-refractivity contribution in [2.75, 3.05) is 13.2 Å². The summed E-state index contributed by atoms with van der Waals surface area (Å²) in [6, 6.07) is 6.82. The molecule has 86 valence electrons. The van der Waals surface area contributed by atoms with Crippen LogP contribution in [0.2, 0.25) is 0 Å². The zero-order valence-corrected chi connectivity index (χ0v) is 9.03. The average molecular weight is 222 g/mol. The third-order valence-electron chi connectivity index (χ3n) is 1.85. The van der Waals surface area contributed by atoms with Crippen molar-refractivity contribution in [3.63, 3.8) is 0 Å². The molecule has 0 saturated carbocycles. The summed E-state index contributed by atoms with van der Waals surface area (Å²) < 4.78 is 5.29. The molecule has 0 saturated heterocycles. The molecule has 0 aliphatic rings. The van der Waals surface area contributed by atoms with Gasteiger partial charge in [-0.05, 0) is 19.1 Å². The van der Waals surface area contributed by atoms with Gasteiger partial charge in [-0.2, -0.15) is 0 Å². The van der Waals surface area contributed by atoms with Crippen molar-refractivity contribution in [3.8, 4) is 5.75 Å². The molecular weight excluding hydrogens is 208 g/mol. The zero-order chi connectivity index (χ0) is 12.0. The third-order valence-corrected chi connectivity index (χ3v) is 1.85. The van der Waals surface area contributed by atoms with Crippen molar-refractivity contribution in [1.82, 2.24) is 5.32 Å². The minimum Gasteiger partial charge on any atom is -0.493 e.